The van der Waals surface area contributed by atoms with Crippen molar-refractivity contribution in [3.05, 3.63) is 0 Å². The Morgan fingerprint density at radius 2 is 1.55 bits per heavy atom. The lowest BCUT2D eigenvalue weighted by Gasteiger charge is -2.29. The average Bonchev–Trinajstić information content (AvgIpc) is 2.32. The molecule has 0 aromatic heterocycles. The maximum absolute atomic E-state index is 12.8. The molecule has 0 saturated carbocycles. The second-order valence-electron chi connectivity index (χ2n) is 3.13. The van der Waals surface area contributed by atoms with Crippen LogP contribution in [0.5, 0.6) is 0 Å². The molecule has 0 aromatic carbocycles. The summed E-state index contributed by atoms with van der Waals surface area (Å²) in [5.74, 6) is -10.4. The molecule has 20 heavy (non-hydrogen) atoms. The first kappa shape index (κ1) is 20.2. The van der Waals surface area contributed by atoms with E-state index in [0.29, 0.717) is 0 Å². The topological polar surface area (TPSA) is 61.8 Å². The number of carbonyl (C=O) groups is 1. The highest BCUT2D eigenvalue weighted by molar-refractivity contribution is 7.55. The van der Waals surface area contributed by atoms with Crippen LogP contribution in [0.1, 0.15) is 0 Å². The molecule has 0 N–H and O–H groups in total. The number of hydrogen-bond acceptors (Lipinski definition) is 5. The van der Waals surface area contributed by atoms with E-state index >= 15 is 0 Å². The van der Waals surface area contributed by atoms with Crippen molar-refractivity contribution in [2.45, 2.75) is 22.0 Å². The fourth-order valence-corrected chi connectivity index (χ4v) is 3.17. The van der Waals surface area contributed by atoms with E-state index in [1.54, 1.807) is 0 Å². The summed E-state index contributed by atoms with van der Waals surface area (Å²) in [4.78, 5) is 11.0. The van der Waals surface area contributed by atoms with Gasteiger partial charge >= 0.3 is 25.9 Å². The molecule has 0 rings (SSSR count). The maximum Gasteiger partial charge on any atom is 0.401 e. The van der Waals surface area contributed by atoms with Crippen LogP contribution in [0.15, 0.2) is 0 Å². The molecule has 0 radical (unpaired) electrons. The number of carbonyl (C=O) groups excluding carboxylic acids is 1. The van der Waals surface area contributed by atoms with E-state index < -0.39 is 35.6 Å². The quantitative estimate of drug-likeness (QED) is 0.302. The molecule has 0 fully saturated rings. The van der Waals surface area contributed by atoms with Crippen molar-refractivity contribution in [3.63, 3.8) is 0 Å². The van der Waals surface area contributed by atoms with Gasteiger partial charge < -0.3 is 13.8 Å². The summed E-state index contributed by atoms with van der Waals surface area (Å²) in [6, 6.07) is 0. The van der Waals surface area contributed by atoms with Crippen LogP contribution in [0.2, 0.25) is 0 Å². The number of halogens is 7. The number of rotatable bonds is 6. The lowest BCUT2D eigenvalue weighted by atomic mass is 10.3. The average molecular weight is 385 g/mol. The third kappa shape index (κ3) is 4.61. The Labute approximate surface area is 125 Å². The minimum Gasteiger partial charge on any atom is -0.440 e. The summed E-state index contributed by atoms with van der Waals surface area (Å²) in [6.07, 6.45) is -4.37. The molecule has 120 valence electrons. The molecule has 0 aliphatic carbocycles. The monoisotopic (exact) mass is 384 g/mol. The Balaban J connectivity index is 5.44. The van der Waals surface area contributed by atoms with Crippen molar-refractivity contribution in [2.24, 2.45) is 0 Å². The van der Waals surface area contributed by atoms with Crippen LogP contribution in [-0.2, 0) is 23.1 Å². The molecule has 0 heterocycles. The van der Waals surface area contributed by atoms with E-state index in [-0.39, 0.29) is 0 Å². The number of hydrogen-bond donors (Lipinski definition) is 0. The van der Waals surface area contributed by atoms with Crippen molar-refractivity contribution in [2.75, 3.05) is 14.2 Å². The van der Waals surface area contributed by atoms with Crippen LogP contribution in [0.3, 0.4) is 0 Å². The van der Waals surface area contributed by atoms with Crippen molar-refractivity contribution < 1.29 is 40.7 Å². The van der Waals surface area contributed by atoms with Gasteiger partial charge in [-0.15, -0.1) is 0 Å². The molecule has 0 aromatic rings. The van der Waals surface area contributed by atoms with Gasteiger partial charge in [0.05, 0.1) is 0 Å². The lowest BCUT2D eigenvalue weighted by Crippen LogP contribution is -2.43. The van der Waals surface area contributed by atoms with Crippen molar-refractivity contribution in [1.29, 1.82) is 0 Å². The largest absolute Gasteiger partial charge is 0.440 e. The standard InChI is InChI=1S/C7H8Cl3F4O5P/c1-17-20(16,18-2)5(7(8,9)10)19-4(15)6(13,14)3(11)12/h3,5H,1-2H3. The highest BCUT2D eigenvalue weighted by Crippen LogP contribution is 2.59. The molecule has 5 nitrogen and oxygen atoms in total. The van der Waals surface area contributed by atoms with Gasteiger partial charge in [-0.25, -0.2) is 13.6 Å². The van der Waals surface area contributed by atoms with Crippen LogP contribution >= 0.6 is 42.4 Å². The third-order valence-corrected chi connectivity index (χ3v) is 4.98. The van der Waals surface area contributed by atoms with Gasteiger partial charge in [-0.2, -0.15) is 8.78 Å². The highest BCUT2D eigenvalue weighted by atomic mass is 35.6. The molecule has 0 saturated heterocycles. The smallest absolute Gasteiger partial charge is 0.401 e. The van der Waals surface area contributed by atoms with E-state index in [0.717, 1.165) is 14.2 Å². The molecule has 0 aliphatic heterocycles. The van der Waals surface area contributed by atoms with Gasteiger partial charge in [0.25, 0.3) is 0 Å². The second-order valence-corrected chi connectivity index (χ2v) is 7.78. The molecule has 0 amide bonds. The molecular formula is C7H8Cl3F4O5P. The Kier molecular flexibility index (Phi) is 7.05. The third-order valence-electron chi connectivity index (χ3n) is 1.84. The first-order chi connectivity index (χ1) is 8.82. The fraction of sp³-hybridized carbons (Fsp3) is 0.857. The number of alkyl halides is 7. The lowest BCUT2D eigenvalue weighted by molar-refractivity contribution is -0.196. The summed E-state index contributed by atoms with van der Waals surface area (Å²) in [5.41, 5.74) is 0. The first-order valence-electron chi connectivity index (χ1n) is 4.48. The van der Waals surface area contributed by atoms with Crippen LogP contribution in [-0.4, -0.2) is 42.2 Å². The number of esters is 1. The van der Waals surface area contributed by atoms with Crippen molar-refractivity contribution >= 4 is 48.4 Å². The normalized spacial score (nSPS) is 15.3. The summed E-state index contributed by atoms with van der Waals surface area (Å²) in [6.45, 7) is 0. The maximum atomic E-state index is 12.8. The zero-order valence-electron chi connectivity index (χ0n) is 9.79. The second kappa shape index (κ2) is 6.98. The van der Waals surface area contributed by atoms with Gasteiger partial charge in [-0.1, -0.05) is 34.8 Å². The Morgan fingerprint density at radius 3 is 1.80 bits per heavy atom. The predicted octanol–water partition coefficient (Wildman–Crippen LogP) is 3.61. The fourth-order valence-electron chi connectivity index (χ4n) is 0.846. The first-order valence-corrected chi connectivity index (χ1v) is 7.22. The summed E-state index contributed by atoms with van der Waals surface area (Å²) >= 11 is 15.9. The van der Waals surface area contributed by atoms with Gasteiger partial charge in [-0.05, 0) is 0 Å². The molecule has 1 atom stereocenters. The molecule has 0 bridgehead atoms. The minimum absolute atomic E-state index is 0.784. The minimum atomic E-state index is -5.18. The van der Waals surface area contributed by atoms with E-state index in [2.05, 4.69) is 13.8 Å². The summed E-state index contributed by atoms with van der Waals surface area (Å²) in [5, 5.41) is 0. The summed E-state index contributed by atoms with van der Waals surface area (Å²) in [7, 11) is -2.91. The molecular weight excluding hydrogens is 377 g/mol. The van der Waals surface area contributed by atoms with E-state index in [1.807, 2.05) is 0 Å². The van der Waals surface area contributed by atoms with Gasteiger partial charge in [0, 0.05) is 14.2 Å². The van der Waals surface area contributed by atoms with Gasteiger partial charge in [0.1, 0.15) is 0 Å². The van der Waals surface area contributed by atoms with Crippen LogP contribution < -0.4 is 0 Å². The Hall–Kier alpha value is 0.210. The predicted molar refractivity (Wildman–Crippen MR) is 62.7 cm³/mol. The van der Waals surface area contributed by atoms with Crippen LogP contribution in [0, 0.1) is 0 Å². The molecule has 0 aliphatic rings. The van der Waals surface area contributed by atoms with Gasteiger partial charge in [0.15, 0.2) is 0 Å². The highest BCUT2D eigenvalue weighted by Gasteiger charge is 2.57. The molecule has 0 spiro atoms. The molecule has 1 unspecified atom stereocenters. The zero-order chi connectivity index (χ0) is 16.4. The van der Waals surface area contributed by atoms with Crippen molar-refractivity contribution in [1.82, 2.24) is 0 Å². The summed E-state index contributed by atoms with van der Waals surface area (Å²) < 4.78 is 71.2. The van der Waals surface area contributed by atoms with Gasteiger partial charge in [-0.3, -0.25) is 4.57 Å². The Morgan fingerprint density at radius 1 is 1.15 bits per heavy atom. The van der Waals surface area contributed by atoms with E-state index in [9.17, 15) is 26.9 Å². The SMILES string of the molecule is COP(=O)(OC)C(OC(=O)C(F)(F)C(F)F)C(Cl)(Cl)Cl. The van der Waals surface area contributed by atoms with Crippen LogP contribution in [0.25, 0.3) is 0 Å². The van der Waals surface area contributed by atoms with E-state index in [4.69, 9.17) is 34.8 Å². The molecule has 13 heteroatoms. The number of ether oxygens (including phenoxy) is 1. The van der Waals surface area contributed by atoms with Crippen molar-refractivity contribution in [3.8, 4) is 0 Å². The Bertz CT molecular complexity index is 394. The van der Waals surface area contributed by atoms with Gasteiger partial charge in [0.2, 0.25) is 9.64 Å². The van der Waals surface area contributed by atoms with Crippen LogP contribution in [0.4, 0.5) is 17.6 Å². The van der Waals surface area contributed by atoms with E-state index in [1.165, 1.54) is 0 Å². The zero-order valence-corrected chi connectivity index (χ0v) is 13.0.